The lowest BCUT2D eigenvalue weighted by atomic mass is 10.1. The van der Waals surface area contributed by atoms with E-state index in [2.05, 4.69) is 78.3 Å². The smallest absolute Gasteiger partial charge is 0.326 e. The number of hydrogen-bond acceptors (Lipinski definition) is 6. The summed E-state index contributed by atoms with van der Waals surface area (Å²) in [4.78, 5) is 35.9. The highest BCUT2D eigenvalue weighted by atomic mass is 16.4. The van der Waals surface area contributed by atoms with Crippen molar-refractivity contribution in [2.45, 2.75) is 83.6 Å². The third-order valence-electron chi connectivity index (χ3n) is 6.30. The monoisotopic (exact) mass is 608 g/mol. The number of carbonyl (C=O) groups excluding carboxylic acids is 2. The first kappa shape index (κ1) is 37.5. The standard InChI is InChI=1S/C35H48N2O7/c1-2-3-4-5-6-7-8-9-10-11-12-13-14-15-16-17-18-19-20-24-32(40)37-29(35(43)44)23-21-22-25-36-34(42)28-26-30(38)33(41)31(39)27-28/h3-4,6-7,9-10,12-13,15-16,18-19,26-27,29,38-39,41H,2,5,8,11,14,17,20-25H2,1H3,(H,36,42)(H,37,40)(H,43,44)/b4-3-,7-6-,10-9-,13-12-,16-15-,19-18-. The fourth-order valence-corrected chi connectivity index (χ4v) is 3.89. The van der Waals surface area contributed by atoms with Crippen molar-refractivity contribution in [1.29, 1.82) is 0 Å². The van der Waals surface area contributed by atoms with Gasteiger partial charge in [0.2, 0.25) is 5.91 Å². The van der Waals surface area contributed by atoms with Crippen LogP contribution in [0.25, 0.3) is 0 Å². The van der Waals surface area contributed by atoms with Crippen LogP contribution in [0.2, 0.25) is 0 Å². The summed E-state index contributed by atoms with van der Waals surface area (Å²) in [7, 11) is 0. The highest BCUT2D eigenvalue weighted by molar-refractivity contribution is 5.95. The number of unbranched alkanes of at least 4 members (excludes halogenated alkanes) is 1. The molecule has 1 rings (SSSR count). The maximum Gasteiger partial charge on any atom is 0.326 e. The van der Waals surface area contributed by atoms with E-state index in [4.69, 9.17) is 0 Å². The van der Waals surface area contributed by atoms with E-state index in [1.807, 2.05) is 12.2 Å². The number of carboxylic acid groups (broad SMARTS) is 1. The summed E-state index contributed by atoms with van der Waals surface area (Å²) in [5, 5.41) is 43.0. The molecule has 0 saturated carbocycles. The van der Waals surface area contributed by atoms with Gasteiger partial charge in [-0.3, -0.25) is 9.59 Å². The zero-order valence-electron chi connectivity index (χ0n) is 25.7. The summed E-state index contributed by atoms with van der Waals surface area (Å²) >= 11 is 0. The third-order valence-corrected chi connectivity index (χ3v) is 6.30. The fourth-order valence-electron chi connectivity index (χ4n) is 3.89. The van der Waals surface area contributed by atoms with Gasteiger partial charge in [0, 0.05) is 18.5 Å². The van der Waals surface area contributed by atoms with Crippen molar-refractivity contribution in [2.24, 2.45) is 0 Å². The molecule has 0 heterocycles. The van der Waals surface area contributed by atoms with Crippen LogP contribution in [0.1, 0.15) is 87.9 Å². The maximum absolute atomic E-state index is 12.2. The SMILES string of the molecule is CC/C=C\C/C=C\C/C=C\C/C=C\C/C=C\C/C=C\CCC(=O)NC(CCCCNC(=O)c1cc(O)c(O)c(O)c1)C(=O)O. The molecule has 1 unspecified atom stereocenters. The number of hydrogen-bond donors (Lipinski definition) is 6. The number of aliphatic carboxylic acids is 1. The Morgan fingerprint density at radius 3 is 1.68 bits per heavy atom. The van der Waals surface area contributed by atoms with Crippen molar-refractivity contribution in [1.82, 2.24) is 10.6 Å². The van der Waals surface area contributed by atoms with E-state index in [1.54, 1.807) is 0 Å². The minimum atomic E-state index is -1.12. The normalized spacial score (nSPS) is 12.8. The Balaban J connectivity index is 2.16. The van der Waals surface area contributed by atoms with Crippen LogP contribution in [0, 0.1) is 0 Å². The van der Waals surface area contributed by atoms with Crippen molar-refractivity contribution in [3.8, 4) is 17.2 Å². The Morgan fingerprint density at radius 2 is 1.20 bits per heavy atom. The van der Waals surface area contributed by atoms with Crippen LogP contribution >= 0.6 is 0 Å². The first-order valence-electron chi connectivity index (χ1n) is 15.2. The van der Waals surface area contributed by atoms with Crippen molar-refractivity contribution in [2.75, 3.05) is 6.54 Å². The molecule has 0 spiro atoms. The number of rotatable bonds is 22. The minimum absolute atomic E-state index is 0.0274. The van der Waals surface area contributed by atoms with Gasteiger partial charge in [0.15, 0.2) is 17.2 Å². The number of aromatic hydroxyl groups is 3. The maximum atomic E-state index is 12.2. The zero-order valence-corrected chi connectivity index (χ0v) is 25.7. The van der Waals surface area contributed by atoms with E-state index < -0.39 is 35.2 Å². The molecule has 0 fully saturated rings. The summed E-state index contributed by atoms with van der Waals surface area (Å²) in [5.41, 5.74) is -0.0274. The summed E-state index contributed by atoms with van der Waals surface area (Å²) in [6.45, 7) is 2.36. The molecule has 0 aliphatic carbocycles. The predicted octanol–water partition coefficient (Wildman–Crippen LogP) is 6.75. The molecule has 6 N–H and O–H groups in total. The molecule has 1 aromatic rings. The van der Waals surface area contributed by atoms with Gasteiger partial charge in [-0.05, 0) is 76.3 Å². The van der Waals surface area contributed by atoms with Crippen LogP contribution < -0.4 is 10.6 Å². The Kier molecular flexibility index (Phi) is 20.4. The molecular weight excluding hydrogens is 560 g/mol. The van der Waals surface area contributed by atoms with Gasteiger partial charge in [0.05, 0.1) is 0 Å². The Bertz CT molecular complexity index is 1170. The van der Waals surface area contributed by atoms with Gasteiger partial charge in [0.25, 0.3) is 5.91 Å². The summed E-state index contributed by atoms with van der Waals surface area (Å²) in [6, 6.07) is 1.04. The molecule has 0 saturated heterocycles. The largest absolute Gasteiger partial charge is 0.504 e. The lowest BCUT2D eigenvalue weighted by Gasteiger charge is -2.14. The molecule has 0 radical (unpaired) electrons. The van der Waals surface area contributed by atoms with Crippen LogP contribution in [-0.4, -0.2) is 50.8 Å². The quantitative estimate of drug-likeness (QED) is 0.0483. The van der Waals surface area contributed by atoms with Crippen molar-refractivity contribution >= 4 is 17.8 Å². The molecule has 0 aliphatic rings. The molecule has 0 aliphatic heterocycles. The van der Waals surface area contributed by atoms with Gasteiger partial charge in [-0.25, -0.2) is 4.79 Å². The number of allylic oxidation sites excluding steroid dienone is 12. The molecule has 0 bridgehead atoms. The average molecular weight is 609 g/mol. The molecule has 44 heavy (non-hydrogen) atoms. The molecular formula is C35H48N2O7. The van der Waals surface area contributed by atoms with Crippen molar-refractivity contribution in [3.05, 3.63) is 90.6 Å². The van der Waals surface area contributed by atoms with Gasteiger partial charge in [-0.2, -0.15) is 0 Å². The first-order valence-corrected chi connectivity index (χ1v) is 15.2. The Hall–Kier alpha value is -4.53. The molecule has 2 amide bonds. The van der Waals surface area contributed by atoms with Gasteiger partial charge in [0.1, 0.15) is 6.04 Å². The van der Waals surface area contributed by atoms with Gasteiger partial charge >= 0.3 is 5.97 Å². The van der Waals surface area contributed by atoms with Crippen LogP contribution in [0.4, 0.5) is 0 Å². The summed E-state index contributed by atoms with van der Waals surface area (Å²) in [5.74, 6) is -3.95. The molecule has 240 valence electrons. The number of amides is 2. The molecule has 9 heteroatoms. The third kappa shape index (κ3) is 18.1. The minimum Gasteiger partial charge on any atom is -0.504 e. The van der Waals surface area contributed by atoms with Crippen LogP contribution in [-0.2, 0) is 9.59 Å². The molecule has 9 nitrogen and oxygen atoms in total. The molecule has 0 aromatic heterocycles. The van der Waals surface area contributed by atoms with Crippen LogP contribution in [0.15, 0.2) is 85.0 Å². The number of carbonyl (C=O) groups is 3. The average Bonchev–Trinajstić information content (AvgIpc) is 2.99. The lowest BCUT2D eigenvalue weighted by molar-refractivity contribution is -0.142. The topological polar surface area (TPSA) is 156 Å². The zero-order chi connectivity index (χ0) is 32.4. The van der Waals surface area contributed by atoms with Crippen LogP contribution in [0.5, 0.6) is 17.2 Å². The molecule has 1 atom stereocenters. The number of nitrogens with one attached hydrogen (secondary N) is 2. The number of phenols is 3. The van der Waals surface area contributed by atoms with E-state index >= 15 is 0 Å². The van der Waals surface area contributed by atoms with Crippen molar-refractivity contribution in [3.63, 3.8) is 0 Å². The highest BCUT2D eigenvalue weighted by Crippen LogP contribution is 2.35. The number of benzene rings is 1. The van der Waals surface area contributed by atoms with E-state index in [-0.39, 0.29) is 30.9 Å². The van der Waals surface area contributed by atoms with E-state index in [0.29, 0.717) is 19.3 Å². The summed E-state index contributed by atoms with van der Waals surface area (Å²) in [6.07, 6.45) is 32.7. The van der Waals surface area contributed by atoms with E-state index in [1.165, 1.54) is 0 Å². The second-order valence-corrected chi connectivity index (χ2v) is 10.0. The van der Waals surface area contributed by atoms with Crippen molar-refractivity contribution < 1.29 is 34.8 Å². The van der Waals surface area contributed by atoms with Gasteiger partial charge in [-0.1, -0.05) is 79.8 Å². The molecule has 1 aromatic carbocycles. The van der Waals surface area contributed by atoms with Gasteiger partial charge < -0.3 is 31.1 Å². The Morgan fingerprint density at radius 1 is 0.727 bits per heavy atom. The fraction of sp³-hybridized carbons (Fsp3) is 0.400. The number of carboxylic acids is 1. The number of phenolic OH excluding ortho intramolecular Hbond substituents is 3. The predicted molar refractivity (Wildman–Crippen MR) is 175 cm³/mol. The lowest BCUT2D eigenvalue weighted by Crippen LogP contribution is -2.40. The van der Waals surface area contributed by atoms with Crippen LogP contribution in [0.3, 0.4) is 0 Å². The van der Waals surface area contributed by atoms with Gasteiger partial charge in [-0.15, -0.1) is 0 Å². The second-order valence-electron chi connectivity index (χ2n) is 10.0. The Labute approximate surface area is 261 Å². The highest BCUT2D eigenvalue weighted by Gasteiger charge is 2.19. The first-order chi connectivity index (χ1) is 21.3. The second kappa shape index (κ2) is 24.0. The van der Waals surface area contributed by atoms with E-state index in [9.17, 15) is 34.8 Å². The van der Waals surface area contributed by atoms with E-state index in [0.717, 1.165) is 50.7 Å². The summed E-state index contributed by atoms with van der Waals surface area (Å²) < 4.78 is 0.